The number of nitrogens with zero attached hydrogens (tertiary/aromatic N) is 1. The molecule has 2 aromatic rings. The van der Waals surface area contributed by atoms with Crippen LogP contribution >= 0.6 is 0 Å². The number of para-hydroxylation sites is 1. The molecule has 5 nitrogen and oxygen atoms in total. The minimum absolute atomic E-state index is 0.635. The number of aryl methyl sites for hydroxylation is 2. The second kappa shape index (κ2) is 8.33. The van der Waals surface area contributed by atoms with Gasteiger partial charge in [0.05, 0.1) is 0 Å². The summed E-state index contributed by atoms with van der Waals surface area (Å²) in [7, 11) is 0. The van der Waals surface area contributed by atoms with Crippen LogP contribution in [-0.2, 0) is 9.59 Å². The number of hydrogen-bond acceptors (Lipinski definition) is 3. The van der Waals surface area contributed by atoms with E-state index in [9.17, 15) is 9.59 Å². The molecule has 0 bridgehead atoms. The van der Waals surface area contributed by atoms with E-state index < -0.39 is 11.8 Å². The summed E-state index contributed by atoms with van der Waals surface area (Å²) in [6.45, 7) is 9.83. The zero-order chi connectivity index (χ0) is 18.4. The van der Waals surface area contributed by atoms with Crippen LogP contribution in [-0.4, -0.2) is 24.9 Å². The third-order valence-electron chi connectivity index (χ3n) is 4.19. The molecule has 0 atom stereocenters. The molecule has 132 valence electrons. The summed E-state index contributed by atoms with van der Waals surface area (Å²) in [5, 5.41) is 5.32. The number of hydrogen-bond donors (Lipinski definition) is 2. The predicted molar refractivity (Wildman–Crippen MR) is 103 cm³/mol. The van der Waals surface area contributed by atoms with Crippen LogP contribution in [0.3, 0.4) is 0 Å². The van der Waals surface area contributed by atoms with Crippen molar-refractivity contribution in [3.63, 3.8) is 0 Å². The first-order valence-corrected chi connectivity index (χ1v) is 8.49. The van der Waals surface area contributed by atoms with Gasteiger partial charge >= 0.3 is 11.8 Å². The van der Waals surface area contributed by atoms with Crippen molar-refractivity contribution in [3.8, 4) is 0 Å². The number of carbonyl (C=O) groups excluding carboxylic acids is 2. The Hall–Kier alpha value is -2.82. The number of anilines is 3. The smallest absolute Gasteiger partial charge is 0.314 e. The second-order valence-corrected chi connectivity index (χ2v) is 5.89. The monoisotopic (exact) mass is 339 g/mol. The Balaban J connectivity index is 2.07. The van der Waals surface area contributed by atoms with Crippen LogP contribution in [0.25, 0.3) is 0 Å². The van der Waals surface area contributed by atoms with E-state index in [1.165, 1.54) is 0 Å². The van der Waals surface area contributed by atoms with Crippen molar-refractivity contribution in [2.45, 2.75) is 27.7 Å². The van der Waals surface area contributed by atoms with E-state index >= 15 is 0 Å². The highest BCUT2D eigenvalue weighted by atomic mass is 16.2. The van der Waals surface area contributed by atoms with Gasteiger partial charge in [0.1, 0.15) is 0 Å². The molecule has 5 heteroatoms. The first-order valence-electron chi connectivity index (χ1n) is 8.49. The summed E-state index contributed by atoms with van der Waals surface area (Å²) in [5.41, 5.74) is 4.20. The summed E-state index contributed by atoms with van der Waals surface area (Å²) < 4.78 is 0. The third kappa shape index (κ3) is 4.59. The van der Waals surface area contributed by atoms with E-state index in [-0.39, 0.29) is 0 Å². The summed E-state index contributed by atoms with van der Waals surface area (Å²) >= 11 is 0. The maximum Gasteiger partial charge on any atom is 0.314 e. The van der Waals surface area contributed by atoms with Crippen molar-refractivity contribution >= 4 is 28.9 Å². The van der Waals surface area contributed by atoms with Crippen molar-refractivity contribution in [1.29, 1.82) is 0 Å². The largest absolute Gasteiger partial charge is 0.372 e. The molecular formula is C20H25N3O2. The van der Waals surface area contributed by atoms with Gasteiger partial charge in [-0.05, 0) is 63.1 Å². The Labute approximate surface area is 149 Å². The molecule has 2 aromatic carbocycles. The SMILES string of the molecule is CCN(CC)c1ccc(NC(=O)C(=O)Nc2ccccc2C)c(C)c1. The van der Waals surface area contributed by atoms with E-state index in [4.69, 9.17) is 0 Å². The van der Waals surface area contributed by atoms with Crippen LogP contribution in [0.4, 0.5) is 17.1 Å². The third-order valence-corrected chi connectivity index (χ3v) is 4.19. The van der Waals surface area contributed by atoms with Crippen LogP contribution in [0.1, 0.15) is 25.0 Å². The average Bonchev–Trinajstić information content (AvgIpc) is 2.60. The Morgan fingerprint density at radius 3 is 1.92 bits per heavy atom. The molecule has 0 radical (unpaired) electrons. The van der Waals surface area contributed by atoms with E-state index in [1.54, 1.807) is 6.07 Å². The Morgan fingerprint density at radius 2 is 1.40 bits per heavy atom. The molecule has 2 rings (SSSR count). The predicted octanol–water partition coefficient (Wildman–Crippen LogP) is 3.73. The topological polar surface area (TPSA) is 61.4 Å². The van der Waals surface area contributed by atoms with Crippen LogP contribution < -0.4 is 15.5 Å². The van der Waals surface area contributed by atoms with Crippen molar-refractivity contribution in [1.82, 2.24) is 0 Å². The van der Waals surface area contributed by atoms with Crippen LogP contribution in [0.5, 0.6) is 0 Å². The van der Waals surface area contributed by atoms with Crippen molar-refractivity contribution in [2.24, 2.45) is 0 Å². The van der Waals surface area contributed by atoms with Gasteiger partial charge in [0.25, 0.3) is 0 Å². The molecular weight excluding hydrogens is 314 g/mol. The van der Waals surface area contributed by atoms with E-state index in [0.29, 0.717) is 11.4 Å². The molecule has 0 saturated heterocycles. The van der Waals surface area contributed by atoms with Gasteiger partial charge in [-0.3, -0.25) is 9.59 Å². The Morgan fingerprint density at radius 1 is 0.840 bits per heavy atom. The normalized spacial score (nSPS) is 10.2. The Kier molecular flexibility index (Phi) is 6.17. The lowest BCUT2D eigenvalue weighted by molar-refractivity contribution is -0.133. The van der Waals surface area contributed by atoms with E-state index in [1.807, 2.05) is 50.2 Å². The molecule has 0 aliphatic rings. The fraction of sp³-hybridized carbons (Fsp3) is 0.300. The molecule has 0 unspecified atom stereocenters. The zero-order valence-electron chi connectivity index (χ0n) is 15.2. The maximum atomic E-state index is 12.2. The highest BCUT2D eigenvalue weighted by Gasteiger charge is 2.16. The highest BCUT2D eigenvalue weighted by Crippen LogP contribution is 2.22. The van der Waals surface area contributed by atoms with Crippen LogP contribution in [0.15, 0.2) is 42.5 Å². The molecule has 25 heavy (non-hydrogen) atoms. The number of amides is 2. The molecule has 2 amide bonds. The van der Waals surface area contributed by atoms with Gasteiger partial charge in [0.2, 0.25) is 0 Å². The first kappa shape index (κ1) is 18.5. The van der Waals surface area contributed by atoms with Gasteiger partial charge in [0, 0.05) is 30.2 Å². The fourth-order valence-corrected chi connectivity index (χ4v) is 2.64. The van der Waals surface area contributed by atoms with Crippen LogP contribution in [0.2, 0.25) is 0 Å². The molecule has 0 aliphatic carbocycles. The lowest BCUT2D eigenvalue weighted by Gasteiger charge is -2.22. The minimum atomic E-state index is -0.679. The first-order chi connectivity index (χ1) is 12.0. The van der Waals surface area contributed by atoms with Gasteiger partial charge in [0.15, 0.2) is 0 Å². The van der Waals surface area contributed by atoms with Gasteiger partial charge in [-0.1, -0.05) is 18.2 Å². The molecule has 0 aliphatic heterocycles. The summed E-state index contributed by atoms with van der Waals surface area (Å²) in [6.07, 6.45) is 0. The minimum Gasteiger partial charge on any atom is -0.372 e. The van der Waals surface area contributed by atoms with Gasteiger partial charge in [-0.15, -0.1) is 0 Å². The molecule has 0 aromatic heterocycles. The lowest BCUT2D eigenvalue weighted by Crippen LogP contribution is -2.29. The lowest BCUT2D eigenvalue weighted by atomic mass is 10.1. The van der Waals surface area contributed by atoms with Crippen molar-refractivity contribution in [2.75, 3.05) is 28.6 Å². The van der Waals surface area contributed by atoms with Crippen LogP contribution in [0, 0.1) is 13.8 Å². The highest BCUT2D eigenvalue weighted by molar-refractivity contribution is 6.43. The Bertz CT molecular complexity index is 767. The maximum absolute atomic E-state index is 12.2. The molecule has 0 heterocycles. The summed E-state index contributed by atoms with van der Waals surface area (Å²) in [5.74, 6) is -1.36. The second-order valence-electron chi connectivity index (χ2n) is 5.89. The molecule has 0 fully saturated rings. The fourth-order valence-electron chi connectivity index (χ4n) is 2.64. The van der Waals surface area contributed by atoms with Crippen molar-refractivity contribution < 1.29 is 9.59 Å². The quantitative estimate of drug-likeness (QED) is 0.816. The summed E-state index contributed by atoms with van der Waals surface area (Å²) in [6, 6.07) is 13.1. The van der Waals surface area contributed by atoms with Gasteiger partial charge in [-0.2, -0.15) is 0 Å². The van der Waals surface area contributed by atoms with Gasteiger partial charge < -0.3 is 15.5 Å². The number of nitrogens with one attached hydrogen (secondary N) is 2. The van der Waals surface area contributed by atoms with E-state index in [2.05, 4.69) is 29.4 Å². The number of carbonyl (C=O) groups is 2. The van der Waals surface area contributed by atoms with Gasteiger partial charge in [-0.25, -0.2) is 0 Å². The molecule has 0 spiro atoms. The molecule has 2 N–H and O–H groups in total. The summed E-state index contributed by atoms with van der Waals surface area (Å²) in [4.78, 5) is 26.5. The van der Waals surface area contributed by atoms with E-state index in [0.717, 1.165) is 29.9 Å². The molecule has 0 saturated carbocycles. The number of benzene rings is 2. The standard InChI is InChI=1S/C20H25N3O2/c1-5-23(6-2)16-11-12-18(15(4)13-16)22-20(25)19(24)21-17-10-8-7-9-14(17)3/h7-13H,5-6H2,1-4H3,(H,21,24)(H,22,25). The number of rotatable bonds is 5. The zero-order valence-corrected chi connectivity index (χ0v) is 15.2. The van der Waals surface area contributed by atoms with Crippen molar-refractivity contribution in [3.05, 3.63) is 53.6 Å². The average molecular weight is 339 g/mol.